The van der Waals surface area contributed by atoms with E-state index in [0.717, 1.165) is 38.8 Å². The molecular weight excluding hydrogens is 463 g/mol. The van der Waals surface area contributed by atoms with E-state index in [0.29, 0.717) is 33.4 Å². The van der Waals surface area contributed by atoms with Crippen molar-refractivity contribution in [2.45, 2.75) is 43.7 Å². The lowest BCUT2D eigenvalue weighted by Crippen LogP contribution is -2.63. The quantitative estimate of drug-likeness (QED) is 0.618. The lowest BCUT2D eigenvalue weighted by molar-refractivity contribution is -0.122. The smallest absolute Gasteiger partial charge is 0.251 e. The lowest BCUT2D eigenvalue weighted by Gasteiger charge is -2.46. The van der Waals surface area contributed by atoms with Crippen molar-refractivity contribution in [1.29, 1.82) is 0 Å². The first kappa shape index (κ1) is 23.8. The van der Waals surface area contributed by atoms with Crippen molar-refractivity contribution in [1.82, 2.24) is 20.5 Å². The van der Waals surface area contributed by atoms with Gasteiger partial charge >= 0.3 is 0 Å². The molecule has 176 valence electrons. The number of carbonyl (C=O) groups excluding carboxylic acids is 2. The highest BCUT2D eigenvalue weighted by molar-refractivity contribution is 6.42. The van der Waals surface area contributed by atoms with Crippen LogP contribution >= 0.6 is 23.2 Å². The third kappa shape index (κ3) is 5.96. The molecule has 2 aromatic rings. The Morgan fingerprint density at radius 2 is 1.85 bits per heavy atom. The summed E-state index contributed by atoms with van der Waals surface area (Å²) in [5.41, 5.74) is 1.65. The SMILES string of the molecule is COc1ccc(C2CCC(N3CC(NC(=O)CNC(=O)c4ccc(Cl)c(Cl)c4)C3)CC2)cn1. The monoisotopic (exact) mass is 490 g/mol. The van der Waals surface area contributed by atoms with Gasteiger partial charge in [-0.2, -0.15) is 0 Å². The summed E-state index contributed by atoms with van der Waals surface area (Å²) in [6.45, 7) is 1.63. The van der Waals surface area contributed by atoms with E-state index in [2.05, 4.69) is 26.6 Å². The molecule has 2 amide bonds. The summed E-state index contributed by atoms with van der Waals surface area (Å²) in [4.78, 5) is 31.2. The van der Waals surface area contributed by atoms with Crippen LogP contribution in [0, 0.1) is 0 Å². The third-order valence-electron chi connectivity index (χ3n) is 6.52. The average molecular weight is 491 g/mol. The van der Waals surface area contributed by atoms with Gasteiger partial charge in [0.25, 0.3) is 5.91 Å². The van der Waals surface area contributed by atoms with Gasteiger partial charge in [0.1, 0.15) is 0 Å². The third-order valence-corrected chi connectivity index (χ3v) is 7.26. The fourth-order valence-corrected chi connectivity index (χ4v) is 4.91. The molecule has 2 aliphatic rings. The Kier molecular flexibility index (Phi) is 7.73. The van der Waals surface area contributed by atoms with Gasteiger partial charge in [0.2, 0.25) is 11.8 Å². The van der Waals surface area contributed by atoms with Crippen molar-refractivity contribution in [3.05, 3.63) is 57.7 Å². The highest BCUT2D eigenvalue weighted by atomic mass is 35.5. The zero-order chi connectivity index (χ0) is 23.4. The zero-order valence-electron chi connectivity index (χ0n) is 18.5. The molecule has 0 spiro atoms. The van der Waals surface area contributed by atoms with Crippen LogP contribution in [0.2, 0.25) is 10.0 Å². The van der Waals surface area contributed by atoms with Crippen LogP contribution in [0.3, 0.4) is 0 Å². The van der Waals surface area contributed by atoms with Crippen molar-refractivity contribution >= 4 is 35.0 Å². The van der Waals surface area contributed by atoms with Crippen molar-refractivity contribution < 1.29 is 14.3 Å². The summed E-state index contributed by atoms with van der Waals surface area (Å²) >= 11 is 11.8. The van der Waals surface area contributed by atoms with Gasteiger partial charge in [0.15, 0.2) is 0 Å². The molecule has 1 aliphatic heterocycles. The number of aromatic nitrogens is 1. The summed E-state index contributed by atoms with van der Waals surface area (Å²) in [6.07, 6.45) is 6.52. The molecule has 1 saturated heterocycles. The molecule has 1 saturated carbocycles. The van der Waals surface area contributed by atoms with Gasteiger partial charge in [-0.05, 0) is 55.4 Å². The Labute approximate surface area is 203 Å². The molecule has 0 bridgehead atoms. The van der Waals surface area contributed by atoms with Gasteiger partial charge in [-0.15, -0.1) is 0 Å². The lowest BCUT2D eigenvalue weighted by atomic mass is 9.81. The van der Waals surface area contributed by atoms with Crippen LogP contribution in [0.4, 0.5) is 0 Å². The molecule has 2 N–H and O–H groups in total. The van der Waals surface area contributed by atoms with Gasteiger partial charge in [-0.3, -0.25) is 14.5 Å². The molecule has 2 fully saturated rings. The highest BCUT2D eigenvalue weighted by Crippen LogP contribution is 2.36. The fraction of sp³-hybridized carbons (Fsp3) is 0.458. The van der Waals surface area contributed by atoms with Crippen LogP contribution in [-0.4, -0.2) is 60.5 Å². The topological polar surface area (TPSA) is 83.6 Å². The predicted octanol–water partition coefficient (Wildman–Crippen LogP) is 3.65. The number of halogens is 2. The Hall–Kier alpha value is -2.35. The molecule has 7 nitrogen and oxygen atoms in total. The largest absolute Gasteiger partial charge is 0.481 e. The number of benzene rings is 1. The molecular formula is C24H28Cl2N4O3. The number of carbonyl (C=O) groups is 2. The van der Waals surface area contributed by atoms with E-state index in [1.165, 1.54) is 11.6 Å². The maximum Gasteiger partial charge on any atom is 0.251 e. The first-order valence-electron chi connectivity index (χ1n) is 11.2. The number of likely N-dealkylation sites (tertiary alicyclic amines) is 1. The van der Waals surface area contributed by atoms with Gasteiger partial charge in [0, 0.05) is 37.0 Å². The van der Waals surface area contributed by atoms with Gasteiger partial charge in [-0.1, -0.05) is 29.3 Å². The minimum Gasteiger partial charge on any atom is -0.481 e. The van der Waals surface area contributed by atoms with Crippen LogP contribution in [0.15, 0.2) is 36.5 Å². The summed E-state index contributed by atoms with van der Waals surface area (Å²) in [5, 5.41) is 6.30. The minimum atomic E-state index is -0.359. The maximum atomic E-state index is 12.2. The van der Waals surface area contributed by atoms with E-state index in [4.69, 9.17) is 27.9 Å². The second-order valence-corrected chi connectivity index (χ2v) is 9.48. The maximum absolute atomic E-state index is 12.2. The van der Waals surface area contributed by atoms with Gasteiger partial charge < -0.3 is 15.4 Å². The number of nitrogens with one attached hydrogen (secondary N) is 2. The van der Waals surface area contributed by atoms with Crippen molar-refractivity contribution in [3.8, 4) is 5.88 Å². The molecule has 4 rings (SSSR count). The van der Waals surface area contributed by atoms with E-state index in [9.17, 15) is 9.59 Å². The number of ether oxygens (including phenoxy) is 1. The number of rotatable bonds is 7. The van der Waals surface area contributed by atoms with Crippen LogP contribution in [0.5, 0.6) is 5.88 Å². The van der Waals surface area contributed by atoms with Crippen molar-refractivity contribution in [2.75, 3.05) is 26.7 Å². The van der Waals surface area contributed by atoms with Gasteiger partial charge in [-0.25, -0.2) is 4.98 Å². The van der Waals surface area contributed by atoms with E-state index >= 15 is 0 Å². The number of nitrogens with zero attached hydrogens (tertiary/aromatic N) is 2. The first-order chi connectivity index (χ1) is 15.9. The van der Waals surface area contributed by atoms with Gasteiger partial charge in [0.05, 0.1) is 29.7 Å². The molecule has 33 heavy (non-hydrogen) atoms. The molecule has 0 radical (unpaired) electrons. The van der Waals surface area contributed by atoms with Crippen molar-refractivity contribution in [3.63, 3.8) is 0 Å². The summed E-state index contributed by atoms with van der Waals surface area (Å²) < 4.78 is 5.14. The van der Waals surface area contributed by atoms with Crippen molar-refractivity contribution in [2.24, 2.45) is 0 Å². The molecule has 1 aliphatic carbocycles. The summed E-state index contributed by atoms with van der Waals surface area (Å²) in [6, 6.07) is 9.36. The standard InChI is InChI=1S/C24H28Cl2N4O3/c1-33-23-9-5-17(11-27-23)15-2-6-19(7-3-15)30-13-18(14-30)29-22(31)12-28-24(32)16-4-8-20(25)21(26)10-16/h4-5,8-11,15,18-19H,2-3,6-7,12-14H2,1H3,(H,28,32)(H,29,31). The van der Waals surface area contributed by atoms with Crippen LogP contribution in [-0.2, 0) is 4.79 Å². The van der Waals surface area contributed by atoms with Crippen LogP contribution in [0.1, 0.15) is 47.5 Å². The van der Waals surface area contributed by atoms with E-state index in [1.807, 2.05) is 12.3 Å². The molecule has 0 unspecified atom stereocenters. The zero-order valence-corrected chi connectivity index (χ0v) is 20.0. The number of pyridine rings is 1. The summed E-state index contributed by atoms with van der Waals surface area (Å²) in [7, 11) is 1.63. The first-order valence-corrected chi connectivity index (χ1v) is 11.9. The molecule has 1 aromatic carbocycles. The van der Waals surface area contributed by atoms with Crippen LogP contribution in [0.25, 0.3) is 0 Å². The molecule has 1 aromatic heterocycles. The Balaban J connectivity index is 1.14. The van der Waals surface area contributed by atoms with E-state index < -0.39 is 0 Å². The number of methoxy groups -OCH3 is 1. The Morgan fingerprint density at radius 1 is 1.09 bits per heavy atom. The second-order valence-electron chi connectivity index (χ2n) is 8.67. The molecule has 0 atom stereocenters. The number of hydrogen-bond donors (Lipinski definition) is 2. The van der Waals surface area contributed by atoms with Crippen LogP contribution < -0.4 is 15.4 Å². The predicted molar refractivity (Wildman–Crippen MR) is 128 cm³/mol. The Morgan fingerprint density at radius 3 is 2.48 bits per heavy atom. The normalized spacial score (nSPS) is 21.2. The fourth-order valence-electron chi connectivity index (χ4n) is 4.61. The van der Waals surface area contributed by atoms with E-state index in [-0.39, 0.29) is 24.4 Å². The summed E-state index contributed by atoms with van der Waals surface area (Å²) in [5.74, 6) is 0.650. The minimum absolute atomic E-state index is 0.0728. The molecule has 9 heteroatoms. The molecule has 2 heterocycles. The number of hydrogen-bond acceptors (Lipinski definition) is 5. The Bertz CT molecular complexity index is 988. The highest BCUT2D eigenvalue weighted by Gasteiger charge is 2.35. The van der Waals surface area contributed by atoms with E-state index in [1.54, 1.807) is 19.2 Å². The second kappa shape index (κ2) is 10.7. The average Bonchev–Trinajstić information content (AvgIpc) is 2.81. The number of amides is 2.